The van der Waals surface area contributed by atoms with E-state index in [0.717, 1.165) is 39.0 Å². The third kappa shape index (κ3) is 15.1. The van der Waals surface area contributed by atoms with Gasteiger partial charge in [0.1, 0.15) is 0 Å². The summed E-state index contributed by atoms with van der Waals surface area (Å²) in [4.78, 5) is 10.1. The molecule has 0 aromatic carbocycles. The maximum absolute atomic E-state index is 10.1. The summed E-state index contributed by atoms with van der Waals surface area (Å²) in [5.74, 6) is 0. The molecule has 0 aliphatic carbocycles. The highest BCUT2D eigenvalue weighted by Crippen LogP contribution is 1.88. The SMILES string of the molecule is CCCNCCNCCCCOCCNC(=O)O. The summed E-state index contributed by atoms with van der Waals surface area (Å²) in [6.45, 7) is 7.76. The molecule has 0 aliphatic heterocycles. The van der Waals surface area contributed by atoms with E-state index in [-0.39, 0.29) is 0 Å². The van der Waals surface area contributed by atoms with Gasteiger partial charge in [0.2, 0.25) is 0 Å². The molecule has 0 heterocycles. The van der Waals surface area contributed by atoms with Gasteiger partial charge in [-0.15, -0.1) is 0 Å². The Labute approximate surface area is 109 Å². The van der Waals surface area contributed by atoms with Crippen molar-refractivity contribution in [3.63, 3.8) is 0 Å². The van der Waals surface area contributed by atoms with Gasteiger partial charge in [-0.1, -0.05) is 6.92 Å². The van der Waals surface area contributed by atoms with E-state index in [9.17, 15) is 4.79 Å². The van der Waals surface area contributed by atoms with Crippen molar-refractivity contribution in [3.05, 3.63) is 0 Å². The lowest BCUT2D eigenvalue weighted by atomic mass is 10.3. The Bertz CT molecular complexity index is 191. The molecule has 0 bridgehead atoms. The molecule has 1 amide bonds. The number of hydrogen-bond acceptors (Lipinski definition) is 4. The number of rotatable bonds is 13. The van der Waals surface area contributed by atoms with E-state index in [1.54, 1.807) is 0 Å². The monoisotopic (exact) mass is 261 g/mol. The standard InChI is InChI=1S/C12H27N3O3/c1-2-5-13-7-8-14-6-3-4-10-18-11-9-15-12(16)17/h13-15H,2-11H2,1H3,(H,16,17). The topological polar surface area (TPSA) is 82.6 Å². The second kappa shape index (κ2) is 14.2. The minimum absolute atomic E-state index is 0.358. The third-order valence-corrected chi connectivity index (χ3v) is 2.32. The summed E-state index contributed by atoms with van der Waals surface area (Å²) in [6.07, 6.45) is 2.26. The Morgan fingerprint density at radius 1 is 1.00 bits per heavy atom. The molecular weight excluding hydrogens is 234 g/mol. The number of ether oxygens (including phenoxy) is 1. The molecule has 4 N–H and O–H groups in total. The first-order valence-electron chi connectivity index (χ1n) is 6.73. The van der Waals surface area contributed by atoms with Crippen molar-refractivity contribution < 1.29 is 14.6 Å². The summed E-state index contributed by atoms with van der Waals surface area (Å²) >= 11 is 0. The molecule has 6 heteroatoms. The molecule has 6 nitrogen and oxygen atoms in total. The van der Waals surface area contributed by atoms with Gasteiger partial charge in [-0.25, -0.2) is 4.79 Å². The summed E-state index contributed by atoms with van der Waals surface area (Å²) in [5, 5.41) is 17.2. The van der Waals surface area contributed by atoms with Crippen LogP contribution in [0.15, 0.2) is 0 Å². The fourth-order valence-corrected chi connectivity index (χ4v) is 1.39. The Morgan fingerprint density at radius 3 is 2.39 bits per heavy atom. The summed E-state index contributed by atoms with van der Waals surface area (Å²) in [5.41, 5.74) is 0. The highest BCUT2D eigenvalue weighted by atomic mass is 16.5. The normalized spacial score (nSPS) is 10.5. The molecule has 0 saturated heterocycles. The fraction of sp³-hybridized carbons (Fsp3) is 0.917. The highest BCUT2D eigenvalue weighted by Gasteiger charge is 1.93. The maximum Gasteiger partial charge on any atom is 0.404 e. The van der Waals surface area contributed by atoms with Gasteiger partial charge in [0.25, 0.3) is 0 Å². The molecule has 0 saturated carbocycles. The molecule has 0 spiro atoms. The Kier molecular flexibility index (Phi) is 13.5. The predicted molar refractivity (Wildman–Crippen MR) is 72.1 cm³/mol. The van der Waals surface area contributed by atoms with Gasteiger partial charge in [0.15, 0.2) is 0 Å². The van der Waals surface area contributed by atoms with Crippen LogP contribution >= 0.6 is 0 Å². The van der Waals surface area contributed by atoms with Crippen LogP contribution in [-0.4, -0.2) is 57.1 Å². The molecule has 18 heavy (non-hydrogen) atoms. The van der Waals surface area contributed by atoms with Gasteiger partial charge in [-0.05, 0) is 32.4 Å². The number of nitrogens with one attached hydrogen (secondary N) is 3. The van der Waals surface area contributed by atoms with Crippen LogP contribution in [0.3, 0.4) is 0 Å². The molecule has 0 aromatic heterocycles. The molecule has 0 unspecified atom stereocenters. The smallest absolute Gasteiger partial charge is 0.404 e. The molecule has 0 fully saturated rings. The fourth-order valence-electron chi connectivity index (χ4n) is 1.39. The highest BCUT2D eigenvalue weighted by molar-refractivity contribution is 5.64. The summed E-state index contributed by atoms with van der Waals surface area (Å²) in [6, 6.07) is 0. The summed E-state index contributed by atoms with van der Waals surface area (Å²) in [7, 11) is 0. The second-order valence-corrected chi connectivity index (χ2v) is 4.05. The Morgan fingerprint density at radius 2 is 1.72 bits per heavy atom. The van der Waals surface area contributed by atoms with Gasteiger partial charge in [-0.3, -0.25) is 0 Å². The largest absolute Gasteiger partial charge is 0.465 e. The Balaban J connectivity index is 2.92. The van der Waals surface area contributed by atoms with E-state index >= 15 is 0 Å². The first kappa shape index (κ1) is 17.2. The van der Waals surface area contributed by atoms with Crippen LogP contribution in [0, 0.1) is 0 Å². The minimum atomic E-state index is -1.00. The van der Waals surface area contributed by atoms with E-state index < -0.39 is 6.09 Å². The van der Waals surface area contributed by atoms with Crippen LogP contribution in [-0.2, 0) is 4.74 Å². The molecule has 0 aliphatic rings. The third-order valence-electron chi connectivity index (χ3n) is 2.32. The van der Waals surface area contributed by atoms with Crippen molar-refractivity contribution >= 4 is 6.09 Å². The van der Waals surface area contributed by atoms with Gasteiger partial charge in [0.05, 0.1) is 6.61 Å². The number of carbonyl (C=O) groups is 1. The predicted octanol–water partition coefficient (Wildman–Crippen LogP) is 0.640. The number of carboxylic acid groups (broad SMARTS) is 1. The first-order valence-corrected chi connectivity index (χ1v) is 6.73. The van der Waals surface area contributed by atoms with Crippen LogP contribution in [0.1, 0.15) is 26.2 Å². The zero-order valence-electron chi connectivity index (χ0n) is 11.3. The number of hydrogen-bond donors (Lipinski definition) is 4. The van der Waals surface area contributed by atoms with Crippen LogP contribution in [0.25, 0.3) is 0 Å². The average Bonchev–Trinajstić information content (AvgIpc) is 2.34. The van der Waals surface area contributed by atoms with Crippen molar-refractivity contribution in [1.29, 1.82) is 0 Å². The number of unbranched alkanes of at least 4 members (excludes halogenated alkanes) is 1. The lowest BCUT2D eigenvalue weighted by molar-refractivity contribution is 0.129. The van der Waals surface area contributed by atoms with Crippen molar-refractivity contribution in [1.82, 2.24) is 16.0 Å². The lowest BCUT2D eigenvalue weighted by Crippen LogP contribution is -2.28. The van der Waals surface area contributed by atoms with E-state index in [1.807, 2.05) is 0 Å². The van der Waals surface area contributed by atoms with Gasteiger partial charge in [-0.2, -0.15) is 0 Å². The van der Waals surface area contributed by atoms with E-state index in [0.29, 0.717) is 19.8 Å². The van der Waals surface area contributed by atoms with Gasteiger partial charge >= 0.3 is 6.09 Å². The number of amides is 1. The van der Waals surface area contributed by atoms with Crippen LogP contribution in [0.2, 0.25) is 0 Å². The zero-order valence-corrected chi connectivity index (χ0v) is 11.3. The lowest BCUT2D eigenvalue weighted by Gasteiger charge is -2.06. The molecule has 0 rings (SSSR count). The Hall–Kier alpha value is -0.850. The van der Waals surface area contributed by atoms with Crippen LogP contribution in [0.5, 0.6) is 0 Å². The first-order chi connectivity index (χ1) is 8.77. The van der Waals surface area contributed by atoms with Gasteiger partial charge in [0, 0.05) is 26.2 Å². The molecular formula is C12H27N3O3. The van der Waals surface area contributed by atoms with Crippen molar-refractivity contribution in [2.24, 2.45) is 0 Å². The zero-order chi connectivity index (χ0) is 13.5. The van der Waals surface area contributed by atoms with Gasteiger partial charge < -0.3 is 25.8 Å². The van der Waals surface area contributed by atoms with Crippen LogP contribution in [0.4, 0.5) is 4.79 Å². The van der Waals surface area contributed by atoms with E-state index in [2.05, 4.69) is 22.9 Å². The van der Waals surface area contributed by atoms with E-state index in [4.69, 9.17) is 9.84 Å². The van der Waals surface area contributed by atoms with Crippen LogP contribution < -0.4 is 16.0 Å². The van der Waals surface area contributed by atoms with E-state index in [1.165, 1.54) is 6.42 Å². The average molecular weight is 261 g/mol. The summed E-state index contributed by atoms with van der Waals surface area (Å²) < 4.78 is 5.28. The molecule has 0 radical (unpaired) electrons. The van der Waals surface area contributed by atoms with Crippen molar-refractivity contribution in [2.45, 2.75) is 26.2 Å². The van der Waals surface area contributed by atoms with Crippen molar-refractivity contribution in [2.75, 3.05) is 45.9 Å². The quantitative estimate of drug-likeness (QED) is 0.366. The second-order valence-electron chi connectivity index (χ2n) is 4.05. The molecule has 0 atom stereocenters. The molecule has 0 aromatic rings. The maximum atomic E-state index is 10.1. The van der Waals surface area contributed by atoms with Crippen molar-refractivity contribution in [3.8, 4) is 0 Å². The molecule has 108 valence electrons. The minimum Gasteiger partial charge on any atom is -0.465 e.